The highest BCUT2D eigenvalue weighted by Gasteiger charge is 2.55. The number of fused-ring (bicyclic) bond motifs is 1. The molecule has 0 unspecified atom stereocenters. The zero-order valence-electron chi connectivity index (χ0n) is 15.6. The van der Waals surface area contributed by atoms with Crippen molar-refractivity contribution in [1.82, 2.24) is 24.3 Å². The van der Waals surface area contributed by atoms with Crippen LogP contribution in [0.1, 0.15) is 19.3 Å². The Morgan fingerprint density at radius 3 is 2.52 bits per heavy atom. The number of amides is 4. The third-order valence-corrected chi connectivity index (χ3v) is 5.96. The summed E-state index contributed by atoms with van der Waals surface area (Å²) in [6.07, 6.45) is 3.11. The van der Waals surface area contributed by atoms with Crippen molar-refractivity contribution in [3.63, 3.8) is 0 Å². The summed E-state index contributed by atoms with van der Waals surface area (Å²) in [5.41, 5.74) is 1.15. The fraction of sp³-hybridized carbons (Fsp3) is 0.474. The minimum Gasteiger partial charge on any atom is -0.342 e. The van der Waals surface area contributed by atoms with E-state index in [9.17, 15) is 14.4 Å². The molecule has 2 fully saturated rings. The van der Waals surface area contributed by atoms with Gasteiger partial charge in [0, 0.05) is 40.2 Å². The molecule has 2 aromatic rings. The van der Waals surface area contributed by atoms with Gasteiger partial charge in [-0.1, -0.05) is 12.1 Å². The molecule has 1 aromatic carbocycles. The zero-order valence-corrected chi connectivity index (χ0v) is 15.6. The molecule has 27 heavy (non-hydrogen) atoms. The minimum atomic E-state index is -0.789. The van der Waals surface area contributed by atoms with E-state index < -0.39 is 5.54 Å². The third-order valence-electron chi connectivity index (χ3n) is 5.96. The van der Waals surface area contributed by atoms with Gasteiger partial charge in [0.15, 0.2) is 0 Å². The number of imide groups is 1. The molecule has 2 aliphatic heterocycles. The van der Waals surface area contributed by atoms with E-state index in [1.807, 2.05) is 28.8 Å². The van der Waals surface area contributed by atoms with Gasteiger partial charge in [-0.05, 0) is 25.0 Å². The summed E-state index contributed by atoms with van der Waals surface area (Å²) in [4.78, 5) is 46.1. The topological polar surface area (TPSA) is 78.8 Å². The fourth-order valence-corrected chi connectivity index (χ4v) is 4.19. The Morgan fingerprint density at radius 1 is 1.15 bits per heavy atom. The molecule has 4 rings (SSSR count). The molecule has 4 amide bonds. The third kappa shape index (κ3) is 2.67. The number of aryl methyl sites for hydroxylation is 1. The first-order valence-corrected chi connectivity index (χ1v) is 9.18. The maximum atomic E-state index is 12.6. The number of likely N-dealkylation sites (tertiary alicyclic amines) is 1. The highest BCUT2D eigenvalue weighted by Crippen LogP contribution is 2.35. The second kappa shape index (κ2) is 6.37. The molecular formula is C19H23N5O3. The fourth-order valence-electron chi connectivity index (χ4n) is 4.19. The van der Waals surface area contributed by atoms with E-state index in [1.165, 1.54) is 16.8 Å². The summed E-state index contributed by atoms with van der Waals surface area (Å²) in [6.45, 7) is 1.54. The normalized spacial score (nSPS) is 19.6. The van der Waals surface area contributed by atoms with Gasteiger partial charge in [-0.15, -0.1) is 0 Å². The van der Waals surface area contributed by atoms with Crippen molar-refractivity contribution in [1.29, 1.82) is 0 Å². The van der Waals surface area contributed by atoms with E-state index in [4.69, 9.17) is 0 Å². The van der Waals surface area contributed by atoms with Crippen LogP contribution in [0.5, 0.6) is 0 Å². The largest absolute Gasteiger partial charge is 0.342 e. The first kappa shape index (κ1) is 17.5. The van der Waals surface area contributed by atoms with Crippen LogP contribution in [0.15, 0.2) is 30.6 Å². The molecular weight excluding hydrogens is 346 g/mol. The van der Waals surface area contributed by atoms with Crippen LogP contribution in [0, 0.1) is 0 Å². The minimum absolute atomic E-state index is 0.0652. The lowest BCUT2D eigenvalue weighted by molar-refractivity contribution is -0.140. The van der Waals surface area contributed by atoms with Gasteiger partial charge in [0.1, 0.15) is 5.54 Å². The standard InChI is InChI=1S/C19H23N5O3/c1-21-17(26)19(22(2)18(21)27)8-11-23(12-9-19)16(25)7-10-24-13-20-14-5-3-4-6-15(14)24/h3-6,13H,7-12H2,1-2H3. The molecule has 1 spiro atoms. The quantitative estimate of drug-likeness (QED) is 0.764. The van der Waals surface area contributed by atoms with Crippen LogP contribution in [-0.2, 0) is 16.1 Å². The number of rotatable bonds is 3. The number of nitrogens with zero attached hydrogens (tertiary/aromatic N) is 5. The van der Waals surface area contributed by atoms with E-state index in [-0.39, 0.29) is 17.8 Å². The summed E-state index contributed by atoms with van der Waals surface area (Å²) in [6, 6.07) is 7.57. The lowest BCUT2D eigenvalue weighted by Gasteiger charge is -2.40. The first-order valence-electron chi connectivity index (χ1n) is 9.18. The zero-order chi connectivity index (χ0) is 19.2. The van der Waals surface area contributed by atoms with E-state index in [0.29, 0.717) is 38.9 Å². The number of hydrogen-bond donors (Lipinski definition) is 0. The molecule has 8 nitrogen and oxygen atoms in total. The molecule has 8 heteroatoms. The summed E-state index contributed by atoms with van der Waals surface area (Å²) in [5, 5.41) is 0. The van der Waals surface area contributed by atoms with Crippen LogP contribution in [0.4, 0.5) is 4.79 Å². The number of imidazole rings is 1. The predicted molar refractivity (Wildman–Crippen MR) is 98.8 cm³/mol. The summed E-state index contributed by atoms with van der Waals surface area (Å²) in [7, 11) is 3.19. The van der Waals surface area contributed by atoms with E-state index in [0.717, 1.165) is 11.0 Å². The van der Waals surface area contributed by atoms with E-state index in [1.54, 1.807) is 18.3 Å². The van der Waals surface area contributed by atoms with Gasteiger partial charge >= 0.3 is 6.03 Å². The molecule has 1 aromatic heterocycles. The maximum absolute atomic E-state index is 12.6. The monoisotopic (exact) mass is 369 g/mol. The Labute approximate surface area is 157 Å². The van der Waals surface area contributed by atoms with Crippen LogP contribution < -0.4 is 0 Å². The van der Waals surface area contributed by atoms with Crippen molar-refractivity contribution >= 4 is 28.9 Å². The highest BCUT2D eigenvalue weighted by atomic mass is 16.2. The van der Waals surface area contributed by atoms with Crippen LogP contribution in [0.3, 0.4) is 0 Å². The smallest absolute Gasteiger partial charge is 0.327 e. The second-order valence-electron chi connectivity index (χ2n) is 7.29. The predicted octanol–water partition coefficient (Wildman–Crippen LogP) is 1.31. The number of piperidine rings is 1. The molecule has 0 aliphatic carbocycles. The van der Waals surface area contributed by atoms with Gasteiger partial charge < -0.3 is 14.4 Å². The van der Waals surface area contributed by atoms with Crippen LogP contribution in [-0.4, -0.2) is 74.8 Å². The van der Waals surface area contributed by atoms with E-state index in [2.05, 4.69) is 4.98 Å². The number of benzene rings is 1. The summed E-state index contributed by atoms with van der Waals surface area (Å²) >= 11 is 0. The van der Waals surface area contributed by atoms with Gasteiger partial charge in [-0.25, -0.2) is 9.78 Å². The second-order valence-corrected chi connectivity index (χ2v) is 7.29. The van der Waals surface area contributed by atoms with Crippen molar-refractivity contribution in [2.45, 2.75) is 31.3 Å². The Hall–Kier alpha value is -2.90. The molecule has 0 saturated carbocycles. The molecule has 0 radical (unpaired) electrons. The van der Waals surface area contributed by atoms with Crippen molar-refractivity contribution < 1.29 is 14.4 Å². The number of para-hydroxylation sites is 2. The van der Waals surface area contributed by atoms with Crippen molar-refractivity contribution in [2.75, 3.05) is 27.2 Å². The summed E-state index contributed by atoms with van der Waals surface area (Å²) < 4.78 is 1.99. The van der Waals surface area contributed by atoms with Gasteiger partial charge in [-0.3, -0.25) is 14.5 Å². The van der Waals surface area contributed by atoms with Gasteiger partial charge in [0.05, 0.1) is 17.4 Å². The summed E-state index contributed by atoms with van der Waals surface area (Å²) in [5.74, 6) is -0.0950. The molecule has 0 atom stereocenters. The Balaban J connectivity index is 1.38. The average molecular weight is 369 g/mol. The molecule has 142 valence electrons. The number of hydrogen-bond acceptors (Lipinski definition) is 4. The Kier molecular flexibility index (Phi) is 4.13. The highest BCUT2D eigenvalue weighted by molar-refractivity contribution is 6.06. The SMILES string of the molecule is CN1C(=O)N(C)C2(CCN(C(=O)CCn3cnc4ccccc43)CC2)C1=O. The average Bonchev–Trinajstić information content (AvgIpc) is 3.18. The molecule has 2 saturated heterocycles. The van der Waals surface area contributed by atoms with Crippen molar-refractivity contribution in [2.24, 2.45) is 0 Å². The van der Waals surface area contributed by atoms with E-state index >= 15 is 0 Å². The van der Waals surface area contributed by atoms with Gasteiger partial charge in [0.2, 0.25) is 5.91 Å². The Bertz CT molecular complexity index is 913. The number of likely N-dealkylation sites (N-methyl/N-ethyl adjacent to an activating group) is 2. The van der Waals surface area contributed by atoms with Crippen molar-refractivity contribution in [3.8, 4) is 0 Å². The first-order chi connectivity index (χ1) is 12.9. The van der Waals surface area contributed by atoms with Crippen LogP contribution in [0.25, 0.3) is 11.0 Å². The molecule has 3 heterocycles. The van der Waals surface area contributed by atoms with Gasteiger partial charge in [-0.2, -0.15) is 0 Å². The van der Waals surface area contributed by atoms with Gasteiger partial charge in [0.25, 0.3) is 5.91 Å². The van der Waals surface area contributed by atoms with Crippen molar-refractivity contribution in [3.05, 3.63) is 30.6 Å². The van der Waals surface area contributed by atoms with Crippen LogP contribution >= 0.6 is 0 Å². The molecule has 2 aliphatic rings. The number of urea groups is 1. The lowest BCUT2D eigenvalue weighted by Crippen LogP contribution is -2.56. The maximum Gasteiger partial charge on any atom is 0.327 e. The number of carbonyl (C=O) groups excluding carboxylic acids is 3. The number of carbonyl (C=O) groups is 3. The number of aromatic nitrogens is 2. The lowest BCUT2D eigenvalue weighted by atomic mass is 9.86. The molecule has 0 bridgehead atoms. The molecule has 0 N–H and O–H groups in total. The van der Waals surface area contributed by atoms with Crippen LogP contribution in [0.2, 0.25) is 0 Å². The Morgan fingerprint density at radius 2 is 1.85 bits per heavy atom.